The monoisotopic (exact) mass is 853 g/mol. The van der Waals surface area contributed by atoms with Gasteiger partial charge in [0.15, 0.2) is 5.82 Å². The maximum atomic E-state index is 16.5. The molecule has 6 heterocycles. The molecule has 4 aliphatic heterocycles. The third kappa shape index (κ3) is 8.21. The number of nitrogens with zero attached hydrogens (tertiary/aromatic N) is 7. The smallest absolute Gasteiger partial charge is 0.328 e. The summed E-state index contributed by atoms with van der Waals surface area (Å²) in [5, 5.41) is 22.5. The highest BCUT2D eigenvalue weighted by Gasteiger charge is 2.39. The molecule has 5 aromatic rings. The molecule has 5 fully saturated rings. The highest BCUT2D eigenvalue weighted by molar-refractivity contribution is 6.06. The van der Waals surface area contributed by atoms with Crippen molar-refractivity contribution in [2.75, 3.05) is 67.9 Å². The predicted octanol–water partition coefficient (Wildman–Crippen LogP) is 7.62. The van der Waals surface area contributed by atoms with E-state index in [1.165, 1.54) is 29.3 Å². The van der Waals surface area contributed by atoms with E-state index in [-0.39, 0.29) is 29.5 Å². The Morgan fingerprint density at radius 2 is 1.67 bits per heavy atom. The Labute approximate surface area is 367 Å². The van der Waals surface area contributed by atoms with Gasteiger partial charge in [0.1, 0.15) is 11.4 Å². The molecule has 0 unspecified atom stereocenters. The van der Waals surface area contributed by atoms with E-state index in [0.29, 0.717) is 86.0 Å². The molecule has 0 radical (unpaired) electrons. The number of nitrogens with one attached hydrogen (secondary N) is 1. The molecule has 3 aromatic carbocycles. The van der Waals surface area contributed by atoms with Gasteiger partial charge in [0.05, 0.1) is 11.4 Å². The van der Waals surface area contributed by atoms with E-state index in [1.807, 2.05) is 41.3 Å². The van der Waals surface area contributed by atoms with Crippen LogP contribution >= 0.6 is 0 Å². The normalized spacial score (nSPS) is 22.4. The van der Waals surface area contributed by atoms with Crippen molar-refractivity contribution in [3.05, 3.63) is 95.7 Å². The van der Waals surface area contributed by atoms with Crippen LogP contribution in [0, 0.1) is 5.92 Å². The first kappa shape index (κ1) is 41.0. The number of urea groups is 1. The minimum Gasteiger partial charge on any atom is -0.507 e. The number of phenols is 1. The molecule has 0 spiro atoms. The summed E-state index contributed by atoms with van der Waals surface area (Å²) in [7, 11) is 0. The largest absolute Gasteiger partial charge is 0.507 e. The molecule has 4 saturated heterocycles. The van der Waals surface area contributed by atoms with Crippen molar-refractivity contribution < 1.29 is 23.9 Å². The number of hydrogen-bond donors (Lipinski definition) is 3. The number of para-hydroxylation sites is 1. The summed E-state index contributed by atoms with van der Waals surface area (Å²) in [6.45, 7) is 6.97. The average molecular weight is 854 g/mol. The van der Waals surface area contributed by atoms with Crippen LogP contribution < -0.4 is 20.9 Å². The minimum atomic E-state index is -1.34. The van der Waals surface area contributed by atoms with Crippen LogP contribution in [0.2, 0.25) is 0 Å². The van der Waals surface area contributed by atoms with Crippen molar-refractivity contribution in [1.82, 2.24) is 29.9 Å². The fraction of sp³-hybridized carbons (Fsp3) is 0.449. The van der Waals surface area contributed by atoms with Crippen LogP contribution in [0.4, 0.5) is 26.4 Å². The molecule has 10 rings (SSSR count). The summed E-state index contributed by atoms with van der Waals surface area (Å²) in [6, 6.07) is 23.1. The summed E-state index contributed by atoms with van der Waals surface area (Å²) >= 11 is 0. The fourth-order valence-corrected chi connectivity index (χ4v) is 10.5. The Morgan fingerprint density at radius 3 is 2.40 bits per heavy atom. The van der Waals surface area contributed by atoms with Gasteiger partial charge in [-0.1, -0.05) is 31.2 Å². The van der Waals surface area contributed by atoms with E-state index in [0.717, 1.165) is 62.4 Å². The van der Waals surface area contributed by atoms with Gasteiger partial charge in [-0.15, -0.1) is 10.2 Å². The molecule has 5 aliphatic rings. The number of imide groups is 1. The Balaban J connectivity index is 0.735. The second-order valence-electron chi connectivity index (χ2n) is 18.6. The molecule has 2 atom stereocenters. The summed E-state index contributed by atoms with van der Waals surface area (Å²) in [5.74, 6) is 1.35. The quantitative estimate of drug-likeness (QED) is 0.136. The molecule has 1 aliphatic carbocycles. The zero-order chi connectivity index (χ0) is 43.4. The van der Waals surface area contributed by atoms with Crippen LogP contribution in [0.1, 0.15) is 97.7 Å². The number of amides is 4. The number of anilines is 3. The highest BCUT2D eigenvalue weighted by atomic mass is 19.1. The van der Waals surface area contributed by atoms with E-state index in [2.05, 4.69) is 67.3 Å². The van der Waals surface area contributed by atoms with Gasteiger partial charge in [-0.3, -0.25) is 19.8 Å². The molecule has 4 N–H and O–H groups in total. The van der Waals surface area contributed by atoms with Crippen molar-refractivity contribution in [3.8, 4) is 17.0 Å². The lowest BCUT2D eigenvalue weighted by Gasteiger charge is -2.41. The van der Waals surface area contributed by atoms with Crippen LogP contribution in [0.5, 0.6) is 5.75 Å². The Kier molecular flexibility index (Phi) is 10.8. The van der Waals surface area contributed by atoms with Gasteiger partial charge in [0.25, 0.3) is 5.91 Å². The summed E-state index contributed by atoms with van der Waals surface area (Å²) in [4.78, 5) is 46.1. The lowest BCUT2D eigenvalue weighted by atomic mass is 9.81. The molecule has 13 nitrogen and oxygen atoms in total. The third-order valence-electron chi connectivity index (χ3n) is 14.5. The lowest BCUT2D eigenvalue weighted by molar-refractivity contribution is -0.120. The van der Waals surface area contributed by atoms with Crippen molar-refractivity contribution in [2.45, 2.75) is 81.8 Å². The highest BCUT2D eigenvalue weighted by Crippen LogP contribution is 2.46. The predicted molar refractivity (Wildman–Crippen MR) is 242 cm³/mol. The number of carbonyl (C=O) groups is 3. The SMILES string of the molecule is C[C@@H]1CCN(c2cc(-c3ccccc3O)nnc2N)C[C@H]1c1ccc(C(=O)N2CCC(F)(CN3CCC(n4cc(C5CC5)c5cc(N6CCC(=O)NC6=O)ccc54)CC3)CC2)cc1. The number of fused-ring (bicyclic) bond motifs is 1. The number of alkyl halides is 1. The summed E-state index contributed by atoms with van der Waals surface area (Å²) < 4.78 is 18.9. The van der Waals surface area contributed by atoms with Crippen LogP contribution in [-0.4, -0.2) is 106 Å². The fourth-order valence-electron chi connectivity index (χ4n) is 10.5. The van der Waals surface area contributed by atoms with Gasteiger partial charge in [-0.05, 0) is 104 Å². The minimum absolute atomic E-state index is 0.0546. The number of nitrogens with two attached hydrogens (primary N) is 1. The lowest BCUT2D eigenvalue weighted by Crippen LogP contribution is -2.51. The number of aromatic hydroxyl groups is 1. The first-order valence-electron chi connectivity index (χ1n) is 22.7. The van der Waals surface area contributed by atoms with E-state index >= 15 is 4.39 Å². The number of nitrogen functional groups attached to an aromatic ring is 1. The molecule has 14 heteroatoms. The number of piperidine rings is 3. The van der Waals surface area contributed by atoms with Gasteiger partial charge in [-0.2, -0.15) is 0 Å². The van der Waals surface area contributed by atoms with Crippen LogP contribution in [0.15, 0.2) is 79.0 Å². The van der Waals surface area contributed by atoms with Crippen molar-refractivity contribution in [1.29, 1.82) is 0 Å². The molecule has 1 saturated carbocycles. The van der Waals surface area contributed by atoms with Crippen LogP contribution in [0.3, 0.4) is 0 Å². The van der Waals surface area contributed by atoms with Crippen LogP contribution in [0.25, 0.3) is 22.2 Å². The molecule has 4 amide bonds. The Hall–Kier alpha value is -6.02. The zero-order valence-corrected chi connectivity index (χ0v) is 35.9. The average Bonchev–Trinajstić information content (AvgIpc) is 4.07. The number of carbonyl (C=O) groups excluding carboxylic acids is 3. The second-order valence-corrected chi connectivity index (χ2v) is 18.6. The molecule has 0 bridgehead atoms. The standard InChI is InChI=1S/C49H56FN9O4/c1-31-14-22-57(43-27-41(53-54-46(43)51)37-4-2-3-5-44(37)60)28-39(31)32-8-10-34(11-9-32)47(62)56-24-18-49(50,19-25-56)30-55-20-15-35(16-21-55)59-29-40(33-6-7-33)38-26-36(12-13-42(38)59)58-23-17-45(61)52-48(58)63/h2-5,8-13,26-27,29,31,33,35,39,60H,6-7,14-25,28,30H2,1H3,(H2,51,54)(H,52,61,63)/t31-,39-/m1/s1. The number of aromatic nitrogens is 3. The van der Waals surface area contributed by atoms with Crippen molar-refractivity contribution >= 4 is 45.9 Å². The Bertz CT molecular complexity index is 2540. The first-order chi connectivity index (χ1) is 30.5. The molecule has 63 heavy (non-hydrogen) atoms. The Morgan fingerprint density at radius 1 is 0.905 bits per heavy atom. The van der Waals surface area contributed by atoms with Gasteiger partial charge in [-0.25, -0.2) is 9.18 Å². The van der Waals surface area contributed by atoms with E-state index < -0.39 is 5.67 Å². The summed E-state index contributed by atoms with van der Waals surface area (Å²) in [6.07, 6.45) is 8.40. The number of likely N-dealkylation sites (tertiary alicyclic amines) is 2. The number of halogens is 1. The molecule has 328 valence electrons. The van der Waals surface area contributed by atoms with E-state index in [1.54, 1.807) is 17.0 Å². The molecular weight excluding hydrogens is 798 g/mol. The second kappa shape index (κ2) is 16.6. The number of phenolic OH excluding ortho intramolecular Hbond substituents is 1. The van der Waals surface area contributed by atoms with E-state index in [4.69, 9.17) is 5.73 Å². The summed E-state index contributed by atoms with van der Waals surface area (Å²) in [5.41, 5.74) is 12.1. The number of hydrogen-bond acceptors (Lipinski definition) is 9. The van der Waals surface area contributed by atoms with Crippen molar-refractivity contribution in [3.63, 3.8) is 0 Å². The molecule has 2 aromatic heterocycles. The number of rotatable bonds is 9. The van der Waals surface area contributed by atoms with Gasteiger partial charge >= 0.3 is 6.03 Å². The maximum absolute atomic E-state index is 16.5. The molecular formula is C49H56FN9O4. The zero-order valence-electron chi connectivity index (χ0n) is 35.9. The third-order valence-corrected chi connectivity index (χ3v) is 14.5. The maximum Gasteiger partial charge on any atom is 0.328 e. The van der Waals surface area contributed by atoms with Gasteiger partial charge in [0, 0.05) is 117 Å². The topological polar surface area (TPSA) is 153 Å². The van der Waals surface area contributed by atoms with Gasteiger partial charge < -0.3 is 30.1 Å². The van der Waals surface area contributed by atoms with E-state index in [9.17, 15) is 19.5 Å². The van der Waals surface area contributed by atoms with Crippen LogP contribution in [-0.2, 0) is 4.79 Å². The van der Waals surface area contributed by atoms with Crippen molar-refractivity contribution in [2.24, 2.45) is 5.92 Å². The van der Waals surface area contributed by atoms with Gasteiger partial charge in [0.2, 0.25) is 5.91 Å². The number of benzene rings is 3. The first-order valence-corrected chi connectivity index (χ1v) is 22.7.